The van der Waals surface area contributed by atoms with E-state index in [1.807, 2.05) is 36.4 Å². The Morgan fingerprint density at radius 1 is 0.879 bits per heavy atom. The zero-order valence-electron chi connectivity index (χ0n) is 19.0. The number of aromatic hydroxyl groups is 1. The van der Waals surface area contributed by atoms with Crippen molar-refractivity contribution in [2.24, 2.45) is 0 Å². The molecule has 0 radical (unpaired) electrons. The highest BCUT2D eigenvalue weighted by molar-refractivity contribution is 6.30. The molecule has 1 saturated heterocycles. The second-order valence-corrected chi connectivity index (χ2v) is 8.52. The van der Waals surface area contributed by atoms with Crippen LogP contribution in [0, 0.1) is 0 Å². The lowest BCUT2D eigenvalue weighted by Gasteiger charge is -2.26. The number of phenols is 1. The lowest BCUT2D eigenvalue weighted by Crippen LogP contribution is -2.38. The lowest BCUT2D eigenvalue weighted by atomic mass is 9.88. The fourth-order valence-electron chi connectivity index (χ4n) is 4.15. The van der Waals surface area contributed by atoms with Crippen LogP contribution in [-0.2, 0) is 4.74 Å². The summed E-state index contributed by atoms with van der Waals surface area (Å²) in [6.07, 6.45) is 0.857. The lowest BCUT2D eigenvalue weighted by molar-refractivity contribution is 0.0322. The summed E-state index contributed by atoms with van der Waals surface area (Å²) in [5, 5.41) is 10.5. The largest absolute Gasteiger partial charge is 0.508 e. The summed E-state index contributed by atoms with van der Waals surface area (Å²) in [5.74, 6) is 1.12. The number of hydrogen-bond donors (Lipinski definition) is 1. The number of hydrogen-bond acceptors (Lipinski definition) is 4. The minimum absolute atomic E-state index is 0.256. The Kier molecular flexibility index (Phi) is 8.05. The predicted molar refractivity (Wildman–Crippen MR) is 135 cm³/mol. The molecule has 1 aliphatic rings. The smallest absolute Gasteiger partial charge is 0.119 e. The van der Waals surface area contributed by atoms with Gasteiger partial charge in [-0.2, -0.15) is 0 Å². The van der Waals surface area contributed by atoms with Gasteiger partial charge < -0.3 is 14.6 Å². The average molecular weight is 464 g/mol. The van der Waals surface area contributed by atoms with Gasteiger partial charge in [-0.3, -0.25) is 4.90 Å². The molecule has 4 nitrogen and oxygen atoms in total. The van der Waals surface area contributed by atoms with E-state index in [0.717, 1.165) is 72.3 Å². The Hall–Kier alpha value is -2.79. The molecule has 0 aromatic heterocycles. The van der Waals surface area contributed by atoms with E-state index >= 15 is 0 Å². The minimum Gasteiger partial charge on any atom is -0.508 e. The highest BCUT2D eigenvalue weighted by atomic mass is 35.5. The molecule has 0 unspecified atom stereocenters. The van der Waals surface area contributed by atoms with E-state index in [1.54, 1.807) is 12.1 Å². The molecule has 1 N–H and O–H groups in total. The van der Waals surface area contributed by atoms with Crippen LogP contribution in [0.2, 0.25) is 5.02 Å². The van der Waals surface area contributed by atoms with Crippen molar-refractivity contribution in [3.63, 3.8) is 0 Å². The van der Waals surface area contributed by atoms with E-state index in [9.17, 15) is 5.11 Å². The summed E-state index contributed by atoms with van der Waals surface area (Å²) in [4.78, 5) is 2.36. The second kappa shape index (κ2) is 11.4. The Bertz CT molecular complexity index is 1050. The van der Waals surface area contributed by atoms with Crippen LogP contribution in [0.4, 0.5) is 0 Å². The second-order valence-electron chi connectivity index (χ2n) is 8.09. The van der Waals surface area contributed by atoms with E-state index < -0.39 is 0 Å². The van der Waals surface area contributed by atoms with Crippen LogP contribution in [-0.4, -0.2) is 49.5 Å². The third-order valence-electron chi connectivity index (χ3n) is 5.93. The maximum Gasteiger partial charge on any atom is 0.119 e. The molecular formula is C28H30ClNO3. The van der Waals surface area contributed by atoms with Gasteiger partial charge >= 0.3 is 0 Å². The van der Waals surface area contributed by atoms with E-state index in [-0.39, 0.29) is 5.75 Å². The Labute approximate surface area is 201 Å². The molecular weight excluding hydrogens is 434 g/mol. The molecule has 5 heteroatoms. The van der Waals surface area contributed by atoms with E-state index in [1.165, 1.54) is 5.57 Å². The summed E-state index contributed by atoms with van der Waals surface area (Å²) < 4.78 is 11.4. The van der Waals surface area contributed by atoms with E-state index in [4.69, 9.17) is 21.1 Å². The van der Waals surface area contributed by atoms with Gasteiger partial charge in [0, 0.05) is 24.7 Å². The summed E-state index contributed by atoms with van der Waals surface area (Å²) in [6, 6.07) is 23.6. The van der Waals surface area contributed by atoms with Crippen LogP contribution in [0.3, 0.4) is 0 Å². The molecule has 0 aliphatic carbocycles. The number of phenolic OH excluding ortho intramolecular Hbond substituents is 1. The summed E-state index contributed by atoms with van der Waals surface area (Å²) in [7, 11) is 0. The van der Waals surface area contributed by atoms with Crippen LogP contribution < -0.4 is 4.74 Å². The topological polar surface area (TPSA) is 41.9 Å². The van der Waals surface area contributed by atoms with Gasteiger partial charge in [0.25, 0.3) is 0 Å². The maximum atomic E-state index is 9.81. The highest BCUT2D eigenvalue weighted by Crippen LogP contribution is 2.36. The van der Waals surface area contributed by atoms with Gasteiger partial charge in [0.1, 0.15) is 18.1 Å². The van der Waals surface area contributed by atoms with Gasteiger partial charge in [-0.05, 0) is 70.7 Å². The molecule has 1 fully saturated rings. The molecule has 1 heterocycles. The molecule has 3 aromatic rings. The summed E-state index contributed by atoms with van der Waals surface area (Å²) >= 11 is 6.13. The molecule has 0 saturated carbocycles. The third kappa shape index (κ3) is 6.17. The molecule has 0 atom stereocenters. The number of ether oxygens (including phenoxy) is 2. The van der Waals surface area contributed by atoms with Crippen molar-refractivity contribution in [1.29, 1.82) is 0 Å². The first-order valence-electron chi connectivity index (χ1n) is 11.5. The normalized spacial score (nSPS) is 15.2. The van der Waals surface area contributed by atoms with Gasteiger partial charge in [0.15, 0.2) is 0 Å². The molecule has 0 spiro atoms. The zero-order chi connectivity index (χ0) is 23.0. The van der Waals surface area contributed by atoms with Crippen molar-refractivity contribution in [3.8, 4) is 11.5 Å². The van der Waals surface area contributed by atoms with Crippen LogP contribution in [0.15, 0.2) is 72.8 Å². The predicted octanol–water partition coefficient (Wildman–Crippen LogP) is 6.13. The fourth-order valence-corrected chi connectivity index (χ4v) is 4.28. The Balaban J connectivity index is 1.60. The SMILES string of the molecule is CC/C(=C(/c1ccc(O)cc1)c1ccc(OCCN2CCOCC2)cc1)c1ccc(Cl)cc1. The van der Waals surface area contributed by atoms with Crippen LogP contribution in [0.1, 0.15) is 30.0 Å². The third-order valence-corrected chi connectivity index (χ3v) is 6.18. The van der Waals surface area contributed by atoms with Crippen molar-refractivity contribution in [2.75, 3.05) is 39.5 Å². The molecule has 0 amide bonds. The maximum absolute atomic E-state index is 9.81. The minimum atomic E-state index is 0.256. The highest BCUT2D eigenvalue weighted by Gasteiger charge is 2.14. The number of allylic oxidation sites excluding steroid dienone is 1. The Morgan fingerprint density at radius 3 is 2.06 bits per heavy atom. The number of benzene rings is 3. The fraction of sp³-hybridized carbons (Fsp3) is 0.286. The van der Waals surface area contributed by atoms with Crippen molar-refractivity contribution < 1.29 is 14.6 Å². The Morgan fingerprint density at radius 2 is 1.45 bits per heavy atom. The quantitative estimate of drug-likeness (QED) is 0.408. The molecule has 0 bridgehead atoms. The summed E-state index contributed by atoms with van der Waals surface area (Å²) in [5.41, 5.74) is 5.66. The van der Waals surface area contributed by atoms with Crippen LogP contribution >= 0.6 is 11.6 Å². The van der Waals surface area contributed by atoms with Crippen molar-refractivity contribution >= 4 is 22.7 Å². The van der Waals surface area contributed by atoms with Gasteiger partial charge in [0.05, 0.1) is 13.2 Å². The monoisotopic (exact) mass is 463 g/mol. The van der Waals surface area contributed by atoms with Gasteiger partial charge in [-0.25, -0.2) is 0 Å². The molecule has 1 aliphatic heterocycles. The van der Waals surface area contributed by atoms with Gasteiger partial charge in [0.2, 0.25) is 0 Å². The van der Waals surface area contributed by atoms with Crippen molar-refractivity contribution in [1.82, 2.24) is 4.90 Å². The van der Waals surface area contributed by atoms with E-state index in [0.29, 0.717) is 6.61 Å². The van der Waals surface area contributed by atoms with Crippen molar-refractivity contribution in [3.05, 3.63) is 94.5 Å². The van der Waals surface area contributed by atoms with Crippen LogP contribution in [0.5, 0.6) is 11.5 Å². The first-order chi connectivity index (χ1) is 16.1. The number of rotatable bonds is 8. The number of halogens is 1. The van der Waals surface area contributed by atoms with Crippen molar-refractivity contribution in [2.45, 2.75) is 13.3 Å². The van der Waals surface area contributed by atoms with Gasteiger partial charge in [-0.1, -0.05) is 54.9 Å². The van der Waals surface area contributed by atoms with Crippen LogP contribution in [0.25, 0.3) is 11.1 Å². The zero-order valence-corrected chi connectivity index (χ0v) is 19.7. The molecule has 4 rings (SSSR count). The van der Waals surface area contributed by atoms with Gasteiger partial charge in [-0.15, -0.1) is 0 Å². The number of morpholine rings is 1. The molecule has 3 aromatic carbocycles. The first-order valence-corrected chi connectivity index (χ1v) is 11.8. The molecule has 172 valence electrons. The average Bonchev–Trinajstić information content (AvgIpc) is 2.85. The standard InChI is InChI=1S/C28H30ClNO3/c1-2-27(21-3-9-24(29)10-4-21)28(22-5-11-25(31)12-6-22)23-7-13-26(14-8-23)33-20-17-30-15-18-32-19-16-30/h3-14,31H,2,15-20H2,1H3/b28-27+. The first kappa shape index (κ1) is 23.4. The summed E-state index contributed by atoms with van der Waals surface area (Å²) in [6.45, 7) is 7.25. The number of nitrogens with zero attached hydrogens (tertiary/aromatic N) is 1. The van der Waals surface area contributed by atoms with E-state index in [2.05, 4.69) is 36.1 Å². The molecule has 33 heavy (non-hydrogen) atoms.